The lowest BCUT2D eigenvalue weighted by molar-refractivity contribution is -0.131. The van der Waals surface area contributed by atoms with Crippen molar-refractivity contribution in [1.29, 1.82) is 0 Å². The summed E-state index contributed by atoms with van der Waals surface area (Å²) in [5.41, 5.74) is 6.51. The van der Waals surface area contributed by atoms with Gasteiger partial charge in [0.25, 0.3) is 11.8 Å². The van der Waals surface area contributed by atoms with E-state index in [0.29, 0.717) is 40.6 Å². The number of hydrogen-bond donors (Lipinski definition) is 2. The third kappa shape index (κ3) is 5.16. The van der Waals surface area contributed by atoms with Gasteiger partial charge in [-0.1, -0.05) is 13.0 Å². The van der Waals surface area contributed by atoms with E-state index >= 15 is 0 Å². The first-order valence-corrected chi connectivity index (χ1v) is 15.3. The first-order valence-electron chi connectivity index (χ1n) is 14.4. The van der Waals surface area contributed by atoms with Crippen LogP contribution in [0.1, 0.15) is 101 Å². The van der Waals surface area contributed by atoms with Crippen molar-refractivity contribution >= 4 is 46.5 Å². The summed E-state index contributed by atoms with van der Waals surface area (Å²) in [6, 6.07) is 3.62. The summed E-state index contributed by atoms with van der Waals surface area (Å²) >= 11 is 1.23. The summed E-state index contributed by atoms with van der Waals surface area (Å²) in [4.78, 5) is 69.0. The van der Waals surface area contributed by atoms with Gasteiger partial charge in [0.15, 0.2) is 0 Å². The highest BCUT2D eigenvalue weighted by molar-refractivity contribution is 7.11. The molecule has 3 N–H and O–H groups in total. The van der Waals surface area contributed by atoms with Crippen LogP contribution in [0, 0.1) is 17.8 Å². The highest BCUT2D eigenvalue weighted by atomic mass is 32.1. The summed E-state index contributed by atoms with van der Waals surface area (Å²) in [6.45, 7) is 1.92. The Morgan fingerprint density at radius 1 is 1.12 bits per heavy atom. The average Bonchev–Trinajstić information content (AvgIpc) is 3.50. The van der Waals surface area contributed by atoms with Gasteiger partial charge in [0.2, 0.25) is 10.9 Å². The van der Waals surface area contributed by atoms with Gasteiger partial charge < -0.3 is 15.8 Å². The number of carbonyl (C=O) groups excluding carboxylic acids is 5. The summed E-state index contributed by atoms with van der Waals surface area (Å²) < 4.78 is 6.14. The molecule has 2 heterocycles. The normalized spacial score (nSPS) is 26.7. The molecule has 4 saturated carbocycles. The zero-order chi connectivity index (χ0) is 28.9. The molecule has 1 aromatic carbocycles. The Hall–Kier alpha value is -3.60. The van der Waals surface area contributed by atoms with E-state index in [1.165, 1.54) is 36.7 Å². The number of nitrogens with one attached hydrogen (secondary N) is 1. The van der Waals surface area contributed by atoms with Crippen LogP contribution in [0.4, 0.5) is 5.69 Å². The molecule has 0 radical (unpaired) electrons. The predicted octanol–water partition coefficient (Wildman–Crippen LogP) is 4.09. The molecule has 1 unspecified atom stereocenters. The molecule has 41 heavy (non-hydrogen) atoms. The Balaban J connectivity index is 1.13. The highest BCUT2D eigenvalue weighted by Gasteiger charge is 2.53. The first kappa shape index (κ1) is 27.6. The van der Waals surface area contributed by atoms with Crippen molar-refractivity contribution in [2.75, 3.05) is 5.32 Å². The maximum atomic E-state index is 13.4. The van der Waals surface area contributed by atoms with Crippen LogP contribution in [-0.2, 0) is 20.9 Å². The number of hydrogen-bond acceptors (Lipinski definition) is 9. The Bertz CT molecular complexity index is 1400. The van der Waals surface area contributed by atoms with Crippen LogP contribution >= 0.6 is 11.3 Å². The molecule has 5 aliphatic rings. The fourth-order valence-electron chi connectivity index (χ4n) is 7.67. The first-order chi connectivity index (χ1) is 19.7. The van der Waals surface area contributed by atoms with Gasteiger partial charge in [-0.05, 0) is 74.8 Å². The summed E-state index contributed by atoms with van der Waals surface area (Å²) in [6.07, 6.45) is 6.98. The number of benzene rings is 1. The van der Waals surface area contributed by atoms with Crippen LogP contribution in [0.15, 0.2) is 23.6 Å². The van der Waals surface area contributed by atoms with Crippen LogP contribution in [0.25, 0.3) is 0 Å². The van der Waals surface area contributed by atoms with Crippen molar-refractivity contribution in [2.24, 2.45) is 23.5 Å². The van der Waals surface area contributed by atoms with Crippen LogP contribution in [0.5, 0.6) is 0 Å². The molecule has 10 nitrogen and oxygen atoms in total. The van der Waals surface area contributed by atoms with E-state index in [9.17, 15) is 24.0 Å². The minimum absolute atomic E-state index is 0.0167. The molecule has 1 aromatic heterocycles. The summed E-state index contributed by atoms with van der Waals surface area (Å²) in [7, 11) is 0. The number of aromatic nitrogens is 1. The number of nitrogens with zero attached hydrogens (tertiary/aromatic N) is 2. The number of nitrogens with two attached hydrogens (primary N) is 1. The van der Waals surface area contributed by atoms with E-state index < -0.39 is 23.8 Å². The van der Waals surface area contributed by atoms with Gasteiger partial charge in [-0.2, -0.15) is 0 Å². The number of fused-ring (bicyclic) bond motifs is 1. The number of imide groups is 1. The zero-order valence-electron chi connectivity index (χ0n) is 23.0. The van der Waals surface area contributed by atoms with E-state index in [0.717, 1.165) is 24.2 Å². The number of ketones is 1. The number of rotatable bonds is 11. The van der Waals surface area contributed by atoms with Crippen LogP contribution < -0.4 is 11.1 Å². The van der Waals surface area contributed by atoms with Crippen molar-refractivity contribution in [3.05, 3.63) is 45.4 Å². The molecule has 1 atom stereocenters. The summed E-state index contributed by atoms with van der Waals surface area (Å²) in [5.74, 6) is -0.558. The minimum atomic E-state index is -1.22. The molecule has 11 heteroatoms. The van der Waals surface area contributed by atoms with Crippen LogP contribution in [0.3, 0.4) is 0 Å². The largest absolute Gasteiger partial charge is 0.454 e. The van der Waals surface area contributed by atoms with Crippen molar-refractivity contribution in [3.63, 3.8) is 0 Å². The quantitative estimate of drug-likeness (QED) is 0.299. The molecule has 216 valence electrons. The monoisotopic (exact) mass is 578 g/mol. The Morgan fingerprint density at radius 3 is 2.44 bits per heavy atom. The number of thiazole rings is 1. The van der Waals surface area contributed by atoms with Crippen molar-refractivity contribution in [2.45, 2.75) is 82.9 Å². The van der Waals surface area contributed by atoms with Gasteiger partial charge in [-0.15, -0.1) is 11.3 Å². The molecule has 3 amide bonds. The number of anilines is 1. The van der Waals surface area contributed by atoms with Gasteiger partial charge in [-0.25, -0.2) is 9.78 Å². The number of ether oxygens (including phenoxy) is 1. The van der Waals surface area contributed by atoms with E-state index in [2.05, 4.69) is 10.3 Å². The summed E-state index contributed by atoms with van der Waals surface area (Å²) in [5, 5.41) is 5.24. The Labute approximate surface area is 242 Å². The topological polar surface area (TPSA) is 149 Å². The highest BCUT2D eigenvalue weighted by Crippen LogP contribution is 2.57. The van der Waals surface area contributed by atoms with E-state index in [4.69, 9.17) is 10.5 Å². The maximum Gasteiger partial charge on any atom is 0.367 e. The smallest absolute Gasteiger partial charge is 0.367 e. The molecule has 4 fully saturated rings. The van der Waals surface area contributed by atoms with Crippen molar-refractivity contribution in [1.82, 2.24) is 9.88 Å². The average molecular weight is 579 g/mol. The molecule has 7 rings (SSSR count). The molecule has 4 aliphatic carbocycles. The van der Waals surface area contributed by atoms with E-state index in [1.54, 1.807) is 24.4 Å². The van der Waals surface area contributed by atoms with Gasteiger partial charge in [0.05, 0.1) is 23.4 Å². The third-order valence-electron chi connectivity index (χ3n) is 9.15. The van der Waals surface area contributed by atoms with Crippen LogP contribution in [0.2, 0.25) is 0 Å². The van der Waals surface area contributed by atoms with Crippen molar-refractivity contribution in [3.8, 4) is 0 Å². The molecule has 1 aliphatic heterocycles. The molecule has 2 aromatic rings. The maximum absolute atomic E-state index is 13.4. The van der Waals surface area contributed by atoms with Crippen LogP contribution in [-0.4, -0.2) is 51.0 Å². The lowest BCUT2D eigenvalue weighted by atomic mass is 9.54. The molecular formula is C30H34N4O6S. The fourth-order valence-corrected chi connectivity index (χ4v) is 8.36. The lowest BCUT2D eigenvalue weighted by Crippen LogP contribution is -2.52. The standard InChI is InChI=1S/C30H34N4O6S/c1-2-20(35)6-7-23(25(31)36)34-27(37)21-4-3-5-22(24(21)28(34)38)32-14-19-15-41-26(33-19)29(39)40-30-11-16-8-17(12-30)10-18(9-16)13-30/h3-5,15-18,23,32H,2,6-14H2,1H3,(H2,31,36). The SMILES string of the molecule is CCC(=O)CCC(C(N)=O)N1C(=O)c2cccc(NCc3csc(C(=O)OC45CC6CC(CC(C6)C4)C5)n3)c2C1=O. The van der Waals surface area contributed by atoms with Gasteiger partial charge in [0.1, 0.15) is 17.4 Å². The fraction of sp³-hybridized carbons (Fsp3) is 0.533. The number of carbonyl (C=O) groups is 5. The second kappa shape index (κ2) is 10.7. The Morgan fingerprint density at radius 2 is 1.80 bits per heavy atom. The number of esters is 1. The molecule has 0 saturated heterocycles. The second-order valence-corrected chi connectivity index (χ2v) is 12.9. The Kier molecular flexibility index (Phi) is 7.17. The number of amides is 3. The van der Waals surface area contributed by atoms with Gasteiger partial charge in [-0.3, -0.25) is 24.1 Å². The predicted molar refractivity (Wildman–Crippen MR) is 150 cm³/mol. The minimum Gasteiger partial charge on any atom is -0.454 e. The van der Waals surface area contributed by atoms with E-state index in [1.807, 2.05) is 0 Å². The van der Waals surface area contributed by atoms with Gasteiger partial charge in [0, 0.05) is 23.9 Å². The molecular weight excluding hydrogens is 544 g/mol. The number of primary amides is 1. The van der Waals surface area contributed by atoms with Gasteiger partial charge >= 0.3 is 5.97 Å². The zero-order valence-corrected chi connectivity index (χ0v) is 23.8. The second-order valence-electron chi connectivity index (χ2n) is 12.0. The van der Waals surface area contributed by atoms with Crippen molar-refractivity contribution < 1.29 is 28.7 Å². The lowest BCUT2D eigenvalue weighted by Gasteiger charge is -2.55. The number of Topliss-reactive ketones (excluding diaryl/α,β-unsaturated/α-hetero) is 1. The van der Waals surface area contributed by atoms with E-state index in [-0.39, 0.29) is 47.9 Å². The third-order valence-corrected chi connectivity index (χ3v) is 10.0. The molecule has 4 bridgehead atoms. The molecule has 0 spiro atoms.